The van der Waals surface area contributed by atoms with Gasteiger partial charge in [0.1, 0.15) is 12.2 Å². The minimum Gasteiger partial charge on any atom is -0.502 e. The van der Waals surface area contributed by atoms with Crippen LogP contribution in [0, 0.1) is 23.5 Å². The first-order valence-corrected chi connectivity index (χ1v) is 13.1. The molecule has 3 heterocycles. The lowest BCUT2D eigenvalue weighted by atomic mass is 9.81. The molecule has 0 saturated carbocycles. The molecule has 0 radical (unpaired) electrons. The van der Waals surface area contributed by atoms with E-state index in [2.05, 4.69) is 0 Å². The molecule has 0 bridgehead atoms. The predicted molar refractivity (Wildman–Crippen MR) is 135 cm³/mol. The van der Waals surface area contributed by atoms with Crippen molar-refractivity contribution >= 4 is 5.91 Å². The first kappa shape index (κ1) is 23.4. The molecule has 7 nitrogen and oxygen atoms in total. The fraction of sp³-hybridized carbons (Fsp3) is 0.379. The molecule has 2 aliphatic heterocycles. The fourth-order valence-corrected chi connectivity index (χ4v) is 7.18. The highest BCUT2D eigenvalue weighted by Gasteiger charge is 2.59. The number of aromatic hydroxyl groups is 1. The maximum absolute atomic E-state index is 14.8. The molecule has 1 saturated heterocycles. The Bertz CT molecular complexity index is 1530. The van der Waals surface area contributed by atoms with Crippen LogP contribution < -0.4 is 10.4 Å². The van der Waals surface area contributed by atoms with Gasteiger partial charge < -0.3 is 14.7 Å². The number of carbonyl (C=O) groups is 1. The van der Waals surface area contributed by atoms with E-state index in [0.717, 1.165) is 29.5 Å². The summed E-state index contributed by atoms with van der Waals surface area (Å²) in [6.45, 7) is 1.84. The predicted octanol–water partition coefficient (Wildman–Crippen LogP) is 3.28. The molecule has 3 aromatic rings. The number of hydrogen-bond donors (Lipinski definition) is 1. The van der Waals surface area contributed by atoms with E-state index < -0.39 is 34.3 Å². The molecule has 1 fully saturated rings. The van der Waals surface area contributed by atoms with Gasteiger partial charge >= 0.3 is 0 Å². The Morgan fingerprint density at radius 1 is 0.974 bits per heavy atom. The highest BCUT2D eigenvalue weighted by atomic mass is 19.2. The topological polar surface area (TPSA) is 75.0 Å². The number of rotatable bonds is 3. The van der Waals surface area contributed by atoms with Crippen molar-refractivity contribution in [1.29, 1.82) is 0 Å². The zero-order valence-corrected chi connectivity index (χ0v) is 20.7. The first-order valence-electron chi connectivity index (χ1n) is 13.1. The van der Waals surface area contributed by atoms with Gasteiger partial charge in [0, 0.05) is 37.9 Å². The molecule has 4 aliphatic rings. The second-order valence-corrected chi connectivity index (χ2v) is 10.8. The molecule has 1 N–H and O–H groups in total. The standard InChI is InChI=1S/C29H27F2N3O4/c30-23-13-19-12-20-11-18-3-1-2-4-21(18)29(20,22(19)14-24(23)31)34-16-32(15-17-6-9-38-10-7-17)28(37)26-27(36)25(35)5-8-33(26)34/h1-5,8,13-14,17,20,36H,6-7,9-12,15-16H2. The number of aromatic nitrogens is 1. The first-order chi connectivity index (χ1) is 18.4. The van der Waals surface area contributed by atoms with Crippen LogP contribution in [0.5, 0.6) is 5.75 Å². The van der Waals surface area contributed by atoms with E-state index in [1.165, 1.54) is 24.4 Å². The third-order valence-electron chi connectivity index (χ3n) is 8.84. The van der Waals surface area contributed by atoms with Crippen molar-refractivity contribution < 1.29 is 23.4 Å². The number of benzene rings is 2. The molecular formula is C29H27F2N3O4. The van der Waals surface area contributed by atoms with Gasteiger partial charge in [-0.15, -0.1) is 0 Å². The van der Waals surface area contributed by atoms with Crippen LogP contribution in [-0.4, -0.2) is 47.0 Å². The van der Waals surface area contributed by atoms with Crippen molar-refractivity contribution in [3.8, 4) is 5.75 Å². The summed E-state index contributed by atoms with van der Waals surface area (Å²) in [5.74, 6) is -2.70. The maximum atomic E-state index is 14.8. The summed E-state index contributed by atoms with van der Waals surface area (Å²) in [7, 11) is 0. The highest BCUT2D eigenvalue weighted by Crippen LogP contribution is 2.57. The van der Waals surface area contributed by atoms with E-state index in [0.29, 0.717) is 38.2 Å². The average molecular weight is 520 g/mol. The summed E-state index contributed by atoms with van der Waals surface area (Å²) in [6, 6.07) is 11.8. The normalized spacial score (nSPS) is 24.3. The van der Waals surface area contributed by atoms with E-state index >= 15 is 0 Å². The fourth-order valence-electron chi connectivity index (χ4n) is 7.18. The second-order valence-electron chi connectivity index (χ2n) is 10.8. The molecule has 0 spiro atoms. The maximum Gasteiger partial charge on any atom is 0.277 e. The molecule has 2 aromatic carbocycles. The SMILES string of the molecule is O=C1c2c(O)c(=O)ccn2N(C23c4ccccc4CC2Cc2cc(F)c(F)cc23)CN1CC1CCOCC1. The number of fused-ring (bicyclic) bond motifs is 6. The molecule has 1 aromatic heterocycles. The van der Waals surface area contributed by atoms with Crippen molar-refractivity contribution in [2.75, 3.05) is 31.4 Å². The van der Waals surface area contributed by atoms with Crippen LogP contribution in [0.3, 0.4) is 0 Å². The lowest BCUT2D eigenvalue weighted by Gasteiger charge is -2.51. The summed E-state index contributed by atoms with van der Waals surface area (Å²) in [5, 5.41) is 12.8. The Morgan fingerprint density at radius 3 is 2.53 bits per heavy atom. The van der Waals surface area contributed by atoms with Crippen LogP contribution in [0.15, 0.2) is 53.5 Å². The summed E-state index contributed by atoms with van der Waals surface area (Å²) in [6.07, 6.45) is 4.35. The summed E-state index contributed by atoms with van der Waals surface area (Å²) < 4.78 is 36.3. The van der Waals surface area contributed by atoms with Gasteiger partial charge in [-0.3, -0.25) is 19.3 Å². The largest absolute Gasteiger partial charge is 0.502 e. The van der Waals surface area contributed by atoms with Crippen molar-refractivity contribution in [3.63, 3.8) is 0 Å². The number of halogens is 2. The Labute approximate surface area is 217 Å². The molecule has 38 heavy (non-hydrogen) atoms. The van der Waals surface area contributed by atoms with Crippen molar-refractivity contribution in [1.82, 2.24) is 9.58 Å². The third-order valence-corrected chi connectivity index (χ3v) is 8.84. The van der Waals surface area contributed by atoms with Gasteiger partial charge in [0.05, 0.1) is 0 Å². The van der Waals surface area contributed by atoms with Crippen LogP contribution in [0.25, 0.3) is 0 Å². The Kier molecular flexibility index (Phi) is 5.17. The molecule has 196 valence electrons. The second kappa shape index (κ2) is 8.39. The Balaban J connectivity index is 1.47. The number of pyridine rings is 1. The van der Waals surface area contributed by atoms with Gasteiger partial charge in [-0.25, -0.2) is 8.78 Å². The minimum absolute atomic E-state index is 0.0661. The van der Waals surface area contributed by atoms with Gasteiger partial charge in [0.15, 0.2) is 23.1 Å². The monoisotopic (exact) mass is 519 g/mol. The lowest BCUT2D eigenvalue weighted by Crippen LogP contribution is -2.63. The zero-order chi connectivity index (χ0) is 26.2. The van der Waals surface area contributed by atoms with Crippen LogP contribution in [0.2, 0.25) is 0 Å². The van der Waals surface area contributed by atoms with E-state index in [1.807, 2.05) is 29.3 Å². The molecule has 9 heteroatoms. The highest BCUT2D eigenvalue weighted by molar-refractivity contribution is 5.96. The smallest absolute Gasteiger partial charge is 0.277 e. The van der Waals surface area contributed by atoms with Gasteiger partial charge in [-0.05, 0) is 66.0 Å². The number of amides is 1. The molecule has 1 amide bonds. The van der Waals surface area contributed by atoms with Gasteiger partial charge in [-0.2, -0.15) is 0 Å². The zero-order valence-electron chi connectivity index (χ0n) is 20.7. The molecule has 2 unspecified atom stereocenters. The van der Waals surface area contributed by atoms with Gasteiger partial charge in [-0.1, -0.05) is 24.3 Å². The quantitative estimate of drug-likeness (QED) is 0.575. The van der Waals surface area contributed by atoms with Crippen LogP contribution in [0.4, 0.5) is 8.78 Å². The van der Waals surface area contributed by atoms with Crippen LogP contribution in [0.1, 0.15) is 45.6 Å². The molecular weight excluding hydrogens is 492 g/mol. The van der Waals surface area contributed by atoms with Crippen molar-refractivity contribution in [2.24, 2.45) is 11.8 Å². The van der Waals surface area contributed by atoms with Gasteiger partial charge in [0.2, 0.25) is 5.43 Å². The number of carbonyl (C=O) groups excluding carboxylic acids is 1. The van der Waals surface area contributed by atoms with Crippen LogP contribution >= 0.6 is 0 Å². The summed E-state index contributed by atoms with van der Waals surface area (Å²) in [4.78, 5) is 27.9. The lowest BCUT2D eigenvalue weighted by molar-refractivity contribution is 0.0385. The van der Waals surface area contributed by atoms with Crippen molar-refractivity contribution in [2.45, 2.75) is 31.2 Å². The number of nitrogens with zero attached hydrogens (tertiary/aromatic N) is 3. The Hall–Kier alpha value is -3.72. The number of ether oxygens (including phenoxy) is 1. The number of hydrogen-bond acceptors (Lipinski definition) is 5. The van der Waals surface area contributed by atoms with E-state index in [1.54, 1.807) is 9.58 Å². The summed E-state index contributed by atoms with van der Waals surface area (Å²) >= 11 is 0. The molecule has 2 atom stereocenters. The Morgan fingerprint density at radius 2 is 1.71 bits per heavy atom. The third kappa shape index (κ3) is 3.14. The summed E-state index contributed by atoms with van der Waals surface area (Å²) in [5.41, 5.74) is 1.76. The van der Waals surface area contributed by atoms with E-state index in [4.69, 9.17) is 4.74 Å². The van der Waals surface area contributed by atoms with Crippen molar-refractivity contribution in [3.05, 3.63) is 98.5 Å². The molecule has 2 aliphatic carbocycles. The van der Waals surface area contributed by atoms with E-state index in [9.17, 15) is 23.5 Å². The van der Waals surface area contributed by atoms with Gasteiger partial charge in [0.25, 0.3) is 5.91 Å². The average Bonchev–Trinajstić information content (AvgIpc) is 3.39. The van der Waals surface area contributed by atoms with Crippen LogP contribution in [-0.2, 0) is 23.1 Å². The molecule has 7 rings (SSSR count). The van der Waals surface area contributed by atoms with E-state index in [-0.39, 0.29) is 24.2 Å². The minimum atomic E-state index is -0.928.